The van der Waals surface area contributed by atoms with Gasteiger partial charge in [-0.1, -0.05) is 12.8 Å². The molecular formula is C13H18ClI2NO2. The number of aliphatic hydroxyl groups is 1. The Morgan fingerprint density at radius 1 is 1.16 bits per heavy atom. The first-order chi connectivity index (χ1) is 8.50. The SMILES string of the molecule is Cl.N[C@H](c1cc(I)c(O)c(I)c1)[C@@H](O)C1CCCC1. The topological polar surface area (TPSA) is 66.5 Å². The van der Waals surface area contributed by atoms with Crippen LogP contribution in [0.25, 0.3) is 0 Å². The van der Waals surface area contributed by atoms with Gasteiger partial charge in [-0.05, 0) is 81.6 Å². The van der Waals surface area contributed by atoms with Crippen LogP contribution in [0.4, 0.5) is 0 Å². The summed E-state index contributed by atoms with van der Waals surface area (Å²) in [6.07, 6.45) is 4.05. The third-order valence-corrected chi connectivity index (χ3v) is 5.32. The van der Waals surface area contributed by atoms with Crippen molar-refractivity contribution in [3.8, 4) is 5.75 Å². The summed E-state index contributed by atoms with van der Waals surface area (Å²) in [5, 5.41) is 20.1. The van der Waals surface area contributed by atoms with Gasteiger partial charge in [0.15, 0.2) is 0 Å². The second-order valence-corrected chi connectivity index (χ2v) is 7.22. The van der Waals surface area contributed by atoms with E-state index in [1.54, 1.807) is 0 Å². The lowest BCUT2D eigenvalue weighted by Gasteiger charge is -2.25. The van der Waals surface area contributed by atoms with E-state index in [-0.39, 0.29) is 18.4 Å². The molecule has 6 heteroatoms. The van der Waals surface area contributed by atoms with Crippen LogP contribution in [0, 0.1) is 13.1 Å². The van der Waals surface area contributed by atoms with Crippen LogP contribution in [0.2, 0.25) is 0 Å². The van der Waals surface area contributed by atoms with Gasteiger partial charge in [0.25, 0.3) is 0 Å². The zero-order chi connectivity index (χ0) is 13.3. The lowest BCUT2D eigenvalue weighted by atomic mass is 9.91. The molecule has 1 aromatic carbocycles. The standard InChI is InChI=1S/C13H17I2NO2.ClH/c14-9-5-8(6-10(15)13(9)18)11(16)12(17)7-3-1-2-4-7;/h5-7,11-12,17-18H,1-4,16H2;1H/t11-,12+;/m1./s1. The molecule has 0 aliphatic heterocycles. The summed E-state index contributed by atoms with van der Waals surface area (Å²) in [7, 11) is 0. The first kappa shape index (κ1) is 17.7. The molecule has 0 heterocycles. The van der Waals surface area contributed by atoms with Gasteiger partial charge in [-0.3, -0.25) is 0 Å². The smallest absolute Gasteiger partial charge is 0.142 e. The molecule has 1 aliphatic rings. The van der Waals surface area contributed by atoms with Crippen LogP contribution < -0.4 is 5.73 Å². The molecule has 0 radical (unpaired) electrons. The van der Waals surface area contributed by atoms with Crippen molar-refractivity contribution >= 4 is 57.6 Å². The summed E-state index contributed by atoms with van der Waals surface area (Å²) in [5.41, 5.74) is 7.07. The molecule has 1 aliphatic carbocycles. The Balaban J connectivity index is 0.00000180. The highest BCUT2D eigenvalue weighted by Crippen LogP contribution is 2.35. The van der Waals surface area contributed by atoms with Crippen molar-refractivity contribution in [3.05, 3.63) is 24.8 Å². The van der Waals surface area contributed by atoms with Gasteiger partial charge in [-0.2, -0.15) is 0 Å². The maximum Gasteiger partial charge on any atom is 0.142 e. The molecule has 0 spiro atoms. The molecule has 1 aromatic rings. The van der Waals surface area contributed by atoms with Crippen molar-refractivity contribution in [2.45, 2.75) is 37.8 Å². The van der Waals surface area contributed by atoms with E-state index in [1.807, 2.05) is 12.1 Å². The number of phenols is 1. The number of benzene rings is 1. The summed E-state index contributed by atoms with van der Waals surface area (Å²) in [5.74, 6) is 0.617. The van der Waals surface area contributed by atoms with Crippen LogP contribution in [0.5, 0.6) is 5.75 Å². The number of hydrogen-bond donors (Lipinski definition) is 3. The molecule has 2 rings (SSSR count). The third kappa shape index (κ3) is 4.09. The Labute approximate surface area is 147 Å². The highest BCUT2D eigenvalue weighted by atomic mass is 127. The minimum atomic E-state index is -0.483. The van der Waals surface area contributed by atoms with Crippen molar-refractivity contribution in [2.75, 3.05) is 0 Å². The van der Waals surface area contributed by atoms with Crippen molar-refractivity contribution in [2.24, 2.45) is 11.7 Å². The zero-order valence-corrected chi connectivity index (χ0v) is 15.5. The van der Waals surface area contributed by atoms with Crippen molar-refractivity contribution in [1.29, 1.82) is 0 Å². The van der Waals surface area contributed by atoms with E-state index in [1.165, 1.54) is 12.8 Å². The second-order valence-electron chi connectivity index (χ2n) is 4.89. The molecule has 3 nitrogen and oxygen atoms in total. The molecule has 1 fully saturated rings. The highest BCUT2D eigenvalue weighted by Gasteiger charge is 2.29. The normalized spacial score (nSPS) is 18.9. The van der Waals surface area contributed by atoms with Crippen LogP contribution in [0.15, 0.2) is 12.1 Å². The number of aromatic hydroxyl groups is 1. The molecule has 0 bridgehead atoms. The van der Waals surface area contributed by atoms with Gasteiger partial charge in [0.05, 0.1) is 19.3 Å². The van der Waals surface area contributed by atoms with Gasteiger partial charge in [-0.15, -0.1) is 12.4 Å². The summed E-state index contributed by atoms with van der Waals surface area (Å²) in [6, 6.07) is 3.36. The Morgan fingerprint density at radius 3 is 2.11 bits per heavy atom. The van der Waals surface area contributed by atoms with Crippen LogP contribution in [0.3, 0.4) is 0 Å². The number of phenolic OH excluding ortho intramolecular Hbond substituents is 1. The van der Waals surface area contributed by atoms with E-state index in [9.17, 15) is 10.2 Å². The van der Waals surface area contributed by atoms with E-state index in [0.717, 1.165) is 25.5 Å². The minimum Gasteiger partial charge on any atom is -0.506 e. The number of nitrogens with two attached hydrogens (primary N) is 1. The lowest BCUT2D eigenvalue weighted by Crippen LogP contribution is -2.32. The molecule has 108 valence electrons. The van der Waals surface area contributed by atoms with Gasteiger partial charge in [-0.25, -0.2) is 0 Å². The Morgan fingerprint density at radius 2 is 1.63 bits per heavy atom. The Kier molecular flexibility index (Phi) is 7.12. The van der Waals surface area contributed by atoms with Crippen LogP contribution in [0.1, 0.15) is 37.3 Å². The summed E-state index contributed by atoms with van der Waals surface area (Å²) in [6.45, 7) is 0. The predicted molar refractivity (Wildman–Crippen MR) is 95.7 cm³/mol. The van der Waals surface area contributed by atoms with Crippen LogP contribution >= 0.6 is 57.6 Å². The van der Waals surface area contributed by atoms with Gasteiger partial charge >= 0.3 is 0 Å². The van der Waals surface area contributed by atoms with Gasteiger partial charge in [0.1, 0.15) is 5.75 Å². The molecule has 0 amide bonds. The fourth-order valence-electron chi connectivity index (χ4n) is 2.57. The molecule has 0 aromatic heterocycles. The monoisotopic (exact) mass is 509 g/mol. The molecule has 0 saturated heterocycles. The van der Waals surface area contributed by atoms with Crippen LogP contribution in [-0.2, 0) is 0 Å². The summed E-state index contributed by atoms with van der Waals surface area (Å²) >= 11 is 4.18. The van der Waals surface area contributed by atoms with E-state index in [4.69, 9.17) is 5.73 Å². The van der Waals surface area contributed by atoms with E-state index in [2.05, 4.69) is 45.2 Å². The molecular weight excluding hydrogens is 491 g/mol. The second kappa shape index (κ2) is 7.63. The van der Waals surface area contributed by atoms with E-state index < -0.39 is 6.10 Å². The average Bonchev–Trinajstić information content (AvgIpc) is 2.87. The van der Waals surface area contributed by atoms with Gasteiger partial charge in [0.2, 0.25) is 0 Å². The first-order valence-electron chi connectivity index (χ1n) is 6.12. The number of rotatable bonds is 3. The van der Waals surface area contributed by atoms with Crippen molar-refractivity contribution < 1.29 is 10.2 Å². The molecule has 0 unspecified atom stereocenters. The van der Waals surface area contributed by atoms with Crippen molar-refractivity contribution in [3.63, 3.8) is 0 Å². The fourth-order valence-corrected chi connectivity index (χ4v) is 4.38. The highest BCUT2D eigenvalue weighted by molar-refractivity contribution is 14.1. The lowest BCUT2D eigenvalue weighted by molar-refractivity contribution is 0.0844. The quantitative estimate of drug-likeness (QED) is 0.546. The van der Waals surface area contributed by atoms with E-state index >= 15 is 0 Å². The summed E-state index contributed by atoms with van der Waals surface area (Å²) < 4.78 is 1.56. The van der Waals surface area contributed by atoms with E-state index in [0.29, 0.717) is 11.7 Å². The Bertz CT molecular complexity index is 416. The molecule has 19 heavy (non-hydrogen) atoms. The molecule has 2 atom stereocenters. The largest absolute Gasteiger partial charge is 0.506 e. The number of halogens is 3. The number of aliphatic hydroxyl groups excluding tert-OH is 1. The van der Waals surface area contributed by atoms with Crippen LogP contribution in [-0.4, -0.2) is 16.3 Å². The zero-order valence-electron chi connectivity index (χ0n) is 10.4. The average molecular weight is 510 g/mol. The third-order valence-electron chi connectivity index (χ3n) is 3.67. The molecule has 4 N–H and O–H groups in total. The number of hydrogen-bond acceptors (Lipinski definition) is 3. The molecule has 1 saturated carbocycles. The van der Waals surface area contributed by atoms with Gasteiger partial charge < -0.3 is 15.9 Å². The fraction of sp³-hybridized carbons (Fsp3) is 0.538. The maximum atomic E-state index is 10.3. The first-order valence-corrected chi connectivity index (χ1v) is 8.28. The maximum absolute atomic E-state index is 10.3. The van der Waals surface area contributed by atoms with Crippen molar-refractivity contribution in [1.82, 2.24) is 0 Å². The minimum absolute atomic E-state index is 0. The van der Waals surface area contributed by atoms with Gasteiger partial charge in [0, 0.05) is 0 Å². The Hall–Kier alpha value is 0.690. The predicted octanol–water partition coefficient (Wildman–Crippen LogP) is 3.57. The summed E-state index contributed by atoms with van der Waals surface area (Å²) in [4.78, 5) is 0.